The molecule has 24 heavy (non-hydrogen) atoms. The largest absolute Gasteiger partial charge is 0.573 e. The number of benzene rings is 1. The highest BCUT2D eigenvalue weighted by molar-refractivity contribution is 8.00. The average molecular weight is 373 g/mol. The van der Waals surface area contributed by atoms with Crippen molar-refractivity contribution >= 4 is 17.7 Å². The molecule has 1 aromatic carbocycles. The van der Waals surface area contributed by atoms with Gasteiger partial charge in [-0.05, 0) is 30.3 Å². The molecular formula is C13H9F6NO3S. The van der Waals surface area contributed by atoms with Crippen molar-refractivity contribution in [3.8, 4) is 11.8 Å². The van der Waals surface area contributed by atoms with E-state index < -0.39 is 57.8 Å². The number of thioether (sulfide) groups is 1. The molecule has 0 N–H and O–H groups in total. The van der Waals surface area contributed by atoms with Gasteiger partial charge in [0.15, 0.2) is 5.75 Å². The summed E-state index contributed by atoms with van der Waals surface area (Å²) in [6, 6.07) is 3.12. The van der Waals surface area contributed by atoms with Gasteiger partial charge in [0.2, 0.25) is 0 Å². The van der Waals surface area contributed by atoms with E-state index in [0.717, 1.165) is 12.1 Å². The number of rotatable bonds is 5. The van der Waals surface area contributed by atoms with Gasteiger partial charge in [0, 0.05) is 0 Å². The summed E-state index contributed by atoms with van der Waals surface area (Å²) in [7, 11) is 0. The smallest absolute Gasteiger partial charge is 0.466 e. The van der Waals surface area contributed by atoms with Crippen LogP contribution in [0.25, 0.3) is 0 Å². The van der Waals surface area contributed by atoms with Gasteiger partial charge >= 0.3 is 17.8 Å². The first-order valence-corrected chi connectivity index (χ1v) is 7.01. The topological polar surface area (TPSA) is 59.3 Å². The summed E-state index contributed by atoms with van der Waals surface area (Å²) in [4.78, 5) is 10.4. The number of nitriles is 1. The standard InChI is InChI=1S/C13H9F6NO3S/c1-2-22-9(21)5-7-3-4-8(6-20)10(23-12(14,15)16)11(7)24-13(17,18)19/h3-4H,2,5H2,1H3. The molecule has 1 aromatic rings. The third kappa shape index (κ3) is 6.19. The molecule has 11 heteroatoms. The molecule has 0 aliphatic carbocycles. The van der Waals surface area contributed by atoms with Crippen LogP contribution in [0.15, 0.2) is 17.0 Å². The fraction of sp³-hybridized carbons (Fsp3) is 0.385. The maximum absolute atomic E-state index is 12.7. The summed E-state index contributed by atoms with van der Waals surface area (Å²) >= 11 is -0.900. The molecule has 0 aromatic heterocycles. The molecule has 0 saturated carbocycles. The van der Waals surface area contributed by atoms with Gasteiger partial charge in [0.1, 0.15) is 6.07 Å². The highest BCUT2D eigenvalue weighted by Crippen LogP contribution is 2.46. The zero-order chi connectivity index (χ0) is 18.5. The quantitative estimate of drug-likeness (QED) is 0.440. The lowest BCUT2D eigenvalue weighted by Crippen LogP contribution is -2.20. The van der Waals surface area contributed by atoms with Crippen molar-refractivity contribution in [1.82, 2.24) is 0 Å². The van der Waals surface area contributed by atoms with E-state index in [9.17, 15) is 31.1 Å². The van der Waals surface area contributed by atoms with E-state index in [1.165, 1.54) is 13.0 Å². The van der Waals surface area contributed by atoms with Crippen LogP contribution in [0, 0.1) is 11.3 Å². The van der Waals surface area contributed by atoms with Gasteiger partial charge in [-0.2, -0.15) is 18.4 Å². The lowest BCUT2D eigenvalue weighted by atomic mass is 10.1. The molecule has 0 radical (unpaired) electrons. The molecule has 0 aliphatic rings. The lowest BCUT2D eigenvalue weighted by Gasteiger charge is -2.18. The number of halogens is 6. The Kier molecular flexibility index (Phi) is 6.36. The maximum atomic E-state index is 12.7. The van der Waals surface area contributed by atoms with Crippen molar-refractivity contribution in [2.24, 2.45) is 0 Å². The van der Waals surface area contributed by atoms with E-state index in [4.69, 9.17) is 5.26 Å². The molecule has 0 saturated heterocycles. The molecule has 0 amide bonds. The molecule has 0 heterocycles. The third-order valence-corrected chi connectivity index (χ3v) is 3.27. The lowest BCUT2D eigenvalue weighted by molar-refractivity contribution is -0.275. The van der Waals surface area contributed by atoms with Crippen molar-refractivity contribution in [2.45, 2.75) is 30.1 Å². The van der Waals surface area contributed by atoms with Gasteiger partial charge in [-0.3, -0.25) is 4.79 Å². The van der Waals surface area contributed by atoms with Gasteiger partial charge in [0.05, 0.1) is 23.5 Å². The second-order valence-electron chi connectivity index (χ2n) is 4.12. The SMILES string of the molecule is CCOC(=O)Cc1ccc(C#N)c(OC(F)(F)F)c1SC(F)(F)F. The zero-order valence-corrected chi connectivity index (χ0v) is 12.7. The van der Waals surface area contributed by atoms with Crippen LogP contribution in [-0.4, -0.2) is 24.4 Å². The first kappa shape index (κ1) is 20.0. The number of hydrogen-bond acceptors (Lipinski definition) is 5. The summed E-state index contributed by atoms with van der Waals surface area (Å²) < 4.78 is 83.6. The minimum Gasteiger partial charge on any atom is -0.466 e. The van der Waals surface area contributed by atoms with Crippen molar-refractivity contribution < 1.29 is 40.6 Å². The Labute approximate surface area is 136 Å². The molecule has 132 valence electrons. The van der Waals surface area contributed by atoms with Crippen LogP contribution in [-0.2, 0) is 16.0 Å². The van der Waals surface area contributed by atoms with Gasteiger partial charge in [-0.25, -0.2) is 0 Å². The van der Waals surface area contributed by atoms with E-state index in [1.54, 1.807) is 0 Å². The number of carbonyl (C=O) groups excluding carboxylic acids is 1. The van der Waals surface area contributed by atoms with Crippen LogP contribution in [0.1, 0.15) is 18.1 Å². The summed E-state index contributed by atoms with van der Waals surface area (Å²) in [5.74, 6) is -2.22. The van der Waals surface area contributed by atoms with Gasteiger partial charge in [0.25, 0.3) is 0 Å². The predicted molar refractivity (Wildman–Crippen MR) is 70.1 cm³/mol. The van der Waals surface area contributed by atoms with E-state index >= 15 is 0 Å². The molecule has 0 aliphatic heterocycles. The Bertz CT molecular complexity index is 651. The summed E-state index contributed by atoms with van der Waals surface area (Å²) in [5.41, 5.74) is -6.10. The predicted octanol–water partition coefficient (Wildman–Crippen LogP) is 4.17. The Balaban J connectivity index is 3.45. The number of ether oxygens (including phenoxy) is 2. The maximum Gasteiger partial charge on any atom is 0.573 e. The fourth-order valence-electron chi connectivity index (χ4n) is 1.64. The Hall–Kier alpha value is -2.09. The summed E-state index contributed by atoms with van der Waals surface area (Å²) in [6.45, 7) is 1.41. The van der Waals surface area contributed by atoms with Crippen LogP contribution in [0.2, 0.25) is 0 Å². The fourth-order valence-corrected chi connectivity index (χ4v) is 2.39. The van der Waals surface area contributed by atoms with Crippen LogP contribution in [0.5, 0.6) is 5.75 Å². The van der Waals surface area contributed by atoms with E-state index in [0.29, 0.717) is 0 Å². The number of nitrogens with zero attached hydrogens (tertiary/aromatic N) is 1. The second-order valence-corrected chi connectivity index (χ2v) is 5.19. The molecule has 4 nitrogen and oxygen atoms in total. The number of esters is 1. The van der Waals surface area contributed by atoms with E-state index in [1.807, 2.05) is 0 Å². The van der Waals surface area contributed by atoms with Crippen molar-refractivity contribution in [3.63, 3.8) is 0 Å². The molecule has 1 rings (SSSR count). The average Bonchev–Trinajstić information content (AvgIpc) is 2.40. The van der Waals surface area contributed by atoms with Crippen LogP contribution in [0.3, 0.4) is 0 Å². The normalized spacial score (nSPS) is 11.8. The Morgan fingerprint density at radius 1 is 1.25 bits per heavy atom. The van der Waals surface area contributed by atoms with Crippen molar-refractivity contribution in [1.29, 1.82) is 5.26 Å². The molecule has 0 bridgehead atoms. The molecular weight excluding hydrogens is 364 g/mol. The minimum absolute atomic E-state index is 0.0528. The first-order valence-electron chi connectivity index (χ1n) is 6.20. The highest BCUT2D eigenvalue weighted by atomic mass is 32.2. The first-order chi connectivity index (χ1) is 11.0. The third-order valence-electron chi connectivity index (χ3n) is 2.39. The van der Waals surface area contributed by atoms with Crippen LogP contribution in [0.4, 0.5) is 26.3 Å². The second kappa shape index (κ2) is 7.65. The number of alkyl halides is 6. The summed E-state index contributed by atoms with van der Waals surface area (Å²) in [6.07, 6.45) is -6.01. The van der Waals surface area contributed by atoms with E-state index in [2.05, 4.69) is 9.47 Å². The van der Waals surface area contributed by atoms with Crippen LogP contribution < -0.4 is 4.74 Å². The van der Waals surface area contributed by atoms with Crippen LogP contribution >= 0.6 is 11.8 Å². The number of hydrogen-bond donors (Lipinski definition) is 0. The van der Waals surface area contributed by atoms with E-state index in [-0.39, 0.29) is 6.61 Å². The Morgan fingerprint density at radius 3 is 2.33 bits per heavy atom. The minimum atomic E-state index is -5.31. The highest BCUT2D eigenvalue weighted by Gasteiger charge is 2.38. The van der Waals surface area contributed by atoms with Crippen molar-refractivity contribution in [3.05, 3.63) is 23.3 Å². The molecule has 0 spiro atoms. The zero-order valence-electron chi connectivity index (χ0n) is 11.9. The van der Waals surface area contributed by atoms with Gasteiger partial charge in [-0.15, -0.1) is 13.2 Å². The molecule has 0 fully saturated rings. The monoisotopic (exact) mass is 373 g/mol. The van der Waals surface area contributed by atoms with Crippen molar-refractivity contribution in [2.75, 3.05) is 6.61 Å². The Morgan fingerprint density at radius 2 is 1.88 bits per heavy atom. The number of carbonyl (C=O) groups is 1. The molecule has 0 atom stereocenters. The van der Waals surface area contributed by atoms with Gasteiger partial charge < -0.3 is 9.47 Å². The molecule has 0 unspecified atom stereocenters. The van der Waals surface area contributed by atoms with Gasteiger partial charge in [-0.1, -0.05) is 6.07 Å². The summed E-state index contributed by atoms with van der Waals surface area (Å²) in [5, 5.41) is 8.82.